The molecule has 1 atom stereocenters. The summed E-state index contributed by atoms with van der Waals surface area (Å²) in [5.41, 5.74) is 8.13. The summed E-state index contributed by atoms with van der Waals surface area (Å²) in [5, 5.41) is 1.93. The number of amides is 1. The van der Waals surface area contributed by atoms with Crippen LogP contribution in [0, 0.1) is 5.92 Å². The van der Waals surface area contributed by atoms with E-state index in [1.54, 1.807) is 23.5 Å². The highest BCUT2D eigenvalue weighted by Gasteiger charge is 2.28. The number of nitrogens with one attached hydrogen (secondary N) is 3. The van der Waals surface area contributed by atoms with E-state index in [1.165, 1.54) is 22.6 Å². The molecule has 1 unspecified atom stereocenters. The molecular weight excluding hydrogens is 382 g/mol. The predicted molar refractivity (Wildman–Crippen MR) is 106 cm³/mol. The van der Waals surface area contributed by atoms with Crippen molar-refractivity contribution in [3.05, 3.63) is 45.6 Å². The van der Waals surface area contributed by atoms with Crippen LogP contribution in [-0.2, 0) is 22.9 Å². The number of hydrogen-bond acceptors (Lipinski definition) is 5. The molecule has 1 amide bonds. The van der Waals surface area contributed by atoms with Crippen molar-refractivity contribution < 1.29 is 13.2 Å². The molecule has 0 spiro atoms. The van der Waals surface area contributed by atoms with Gasteiger partial charge in [0.25, 0.3) is 5.91 Å². The van der Waals surface area contributed by atoms with Gasteiger partial charge in [-0.05, 0) is 67.9 Å². The van der Waals surface area contributed by atoms with Gasteiger partial charge in [0.2, 0.25) is 10.0 Å². The molecule has 144 valence electrons. The number of sulfonamides is 1. The zero-order chi connectivity index (χ0) is 19.0. The molecule has 2 aliphatic carbocycles. The second-order valence-corrected chi connectivity index (χ2v) is 10.1. The first-order valence-electron chi connectivity index (χ1n) is 9.20. The van der Waals surface area contributed by atoms with Crippen molar-refractivity contribution in [2.24, 2.45) is 5.92 Å². The van der Waals surface area contributed by atoms with Crippen LogP contribution in [0.2, 0.25) is 0 Å². The average Bonchev–Trinajstić information content (AvgIpc) is 3.35. The number of rotatable bonds is 6. The van der Waals surface area contributed by atoms with Crippen LogP contribution in [-0.4, -0.2) is 20.4 Å². The standard InChI is InChI=1S/C19H23N3O3S2/c1-12-2-9-16-17(11-26-18(16)10-12)19(23)21-20-13-5-7-15(8-6-13)27(24,25)22-14-3-4-14/h5-8,11-12,14,20,22H,2-4,9-10H2,1H3,(H,21,23). The Hall–Kier alpha value is -1.90. The lowest BCUT2D eigenvalue weighted by Crippen LogP contribution is -2.30. The van der Waals surface area contributed by atoms with Gasteiger partial charge in [0.1, 0.15) is 0 Å². The van der Waals surface area contributed by atoms with Crippen molar-refractivity contribution in [1.82, 2.24) is 10.1 Å². The largest absolute Gasteiger partial charge is 0.298 e. The lowest BCUT2D eigenvalue weighted by molar-refractivity contribution is 0.0962. The summed E-state index contributed by atoms with van der Waals surface area (Å²) in [6, 6.07) is 6.44. The van der Waals surface area contributed by atoms with Crippen molar-refractivity contribution in [3.8, 4) is 0 Å². The summed E-state index contributed by atoms with van der Waals surface area (Å²) in [7, 11) is -3.46. The summed E-state index contributed by atoms with van der Waals surface area (Å²) in [4.78, 5) is 14.1. The maximum Gasteiger partial charge on any atom is 0.270 e. The van der Waals surface area contributed by atoms with Crippen molar-refractivity contribution in [2.75, 3.05) is 5.43 Å². The van der Waals surface area contributed by atoms with Crippen LogP contribution < -0.4 is 15.6 Å². The zero-order valence-electron chi connectivity index (χ0n) is 15.1. The molecule has 27 heavy (non-hydrogen) atoms. The molecule has 1 saturated carbocycles. The Kier molecular flexibility index (Phi) is 4.96. The van der Waals surface area contributed by atoms with Gasteiger partial charge in [0.05, 0.1) is 16.1 Å². The summed E-state index contributed by atoms with van der Waals surface area (Å²) < 4.78 is 27.0. The van der Waals surface area contributed by atoms with E-state index in [0.29, 0.717) is 11.6 Å². The minimum atomic E-state index is -3.46. The Morgan fingerprint density at radius 3 is 2.59 bits per heavy atom. The first-order chi connectivity index (χ1) is 12.9. The number of carbonyl (C=O) groups excluding carboxylic acids is 1. The van der Waals surface area contributed by atoms with Crippen LogP contribution in [0.25, 0.3) is 0 Å². The van der Waals surface area contributed by atoms with Crippen LogP contribution >= 0.6 is 11.3 Å². The van der Waals surface area contributed by atoms with E-state index in [9.17, 15) is 13.2 Å². The Morgan fingerprint density at radius 2 is 1.89 bits per heavy atom. The molecule has 1 fully saturated rings. The van der Waals surface area contributed by atoms with Crippen molar-refractivity contribution in [1.29, 1.82) is 0 Å². The van der Waals surface area contributed by atoms with Gasteiger partial charge in [0.15, 0.2) is 0 Å². The second kappa shape index (κ2) is 7.26. The van der Waals surface area contributed by atoms with Gasteiger partial charge in [-0.2, -0.15) is 0 Å². The second-order valence-electron chi connectivity index (χ2n) is 7.40. The zero-order valence-corrected chi connectivity index (χ0v) is 16.8. The fourth-order valence-corrected chi connectivity index (χ4v) is 5.82. The number of benzene rings is 1. The van der Waals surface area contributed by atoms with E-state index in [-0.39, 0.29) is 16.8 Å². The molecule has 1 aromatic heterocycles. The van der Waals surface area contributed by atoms with Crippen LogP contribution in [0.3, 0.4) is 0 Å². The molecule has 2 aliphatic rings. The Balaban J connectivity index is 1.38. The smallest absolute Gasteiger partial charge is 0.270 e. The molecule has 8 heteroatoms. The van der Waals surface area contributed by atoms with E-state index in [1.807, 2.05) is 5.38 Å². The van der Waals surface area contributed by atoms with Crippen LogP contribution in [0.1, 0.15) is 47.0 Å². The van der Waals surface area contributed by atoms with E-state index in [2.05, 4.69) is 22.5 Å². The van der Waals surface area contributed by atoms with E-state index in [0.717, 1.165) is 37.7 Å². The fraction of sp³-hybridized carbons (Fsp3) is 0.421. The molecule has 2 aromatic rings. The van der Waals surface area contributed by atoms with Gasteiger partial charge in [-0.15, -0.1) is 11.3 Å². The van der Waals surface area contributed by atoms with Gasteiger partial charge < -0.3 is 0 Å². The third-order valence-corrected chi connectivity index (χ3v) is 7.62. The molecule has 3 N–H and O–H groups in total. The minimum absolute atomic E-state index is 0.0756. The maximum atomic E-state index is 12.5. The molecule has 6 nitrogen and oxygen atoms in total. The van der Waals surface area contributed by atoms with Gasteiger partial charge in [-0.3, -0.25) is 15.6 Å². The summed E-state index contributed by atoms with van der Waals surface area (Å²) >= 11 is 1.66. The quantitative estimate of drug-likeness (QED) is 0.645. The van der Waals surface area contributed by atoms with Crippen LogP contribution in [0.15, 0.2) is 34.5 Å². The van der Waals surface area contributed by atoms with E-state index >= 15 is 0 Å². The van der Waals surface area contributed by atoms with Crippen LogP contribution in [0.4, 0.5) is 5.69 Å². The lowest BCUT2D eigenvalue weighted by Gasteiger charge is -2.19. The molecular formula is C19H23N3O3S2. The normalized spacial score (nSPS) is 19.4. The summed E-state index contributed by atoms with van der Waals surface area (Å²) in [6.45, 7) is 2.24. The summed E-state index contributed by atoms with van der Waals surface area (Å²) in [5.74, 6) is 0.517. The number of anilines is 1. The Bertz CT molecular complexity index is 947. The highest BCUT2D eigenvalue weighted by atomic mass is 32.2. The molecule has 4 rings (SSSR count). The van der Waals surface area contributed by atoms with Crippen molar-refractivity contribution in [2.45, 2.75) is 50.0 Å². The van der Waals surface area contributed by atoms with Gasteiger partial charge in [-0.25, -0.2) is 13.1 Å². The molecule has 1 aromatic carbocycles. The number of carbonyl (C=O) groups is 1. The average molecular weight is 406 g/mol. The maximum absolute atomic E-state index is 12.5. The Morgan fingerprint density at radius 1 is 1.15 bits per heavy atom. The number of hydrazine groups is 1. The topological polar surface area (TPSA) is 87.3 Å². The number of thiophene rings is 1. The minimum Gasteiger partial charge on any atom is -0.298 e. The molecule has 0 aliphatic heterocycles. The van der Waals surface area contributed by atoms with E-state index in [4.69, 9.17) is 0 Å². The third kappa shape index (κ3) is 4.17. The van der Waals surface area contributed by atoms with Gasteiger partial charge in [-0.1, -0.05) is 6.92 Å². The highest BCUT2D eigenvalue weighted by molar-refractivity contribution is 7.89. The number of hydrogen-bond donors (Lipinski definition) is 3. The Labute approximate surface area is 163 Å². The molecule has 1 heterocycles. The predicted octanol–water partition coefficient (Wildman–Crippen LogP) is 3.07. The van der Waals surface area contributed by atoms with Crippen molar-refractivity contribution >= 4 is 33.0 Å². The van der Waals surface area contributed by atoms with Crippen molar-refractivity contribution in [3.63, 3.8) is 0 Å². The number of fused-ring (bicyclic) bond motifs is 1. The third-order valence-electron chi connectivity index (χ3n) is 5.03. The highest BCUT2D eigenvalue weighted by Crippen LogP contribution is 2.32. The van der Waals surface area contributed by atoms with Gasteiger partial charge in [0, 0.05) is 16.3 Å². The SMILES string of the molecule is CC1CCc2c(C(=O)NNc3ccc(S(=O)(=O)NC4CC4)cc3)csc2C1. The first kappa shape index (κ1) is 18.5. The molecule has 0 saturated heterocycles. The van der Waals surface area contributed by atoms with Gasteiger partial charge >= 0.3 is 0 Å². The first-order valence-corrected chi connectivity index (χ1v) is 11.6. The molecule has 0 bridgehead atoms. The molecule has 0 radical (unpaired) electrons. The fourth-order valence-electron chi connectivity index (χ4n) is 3.27. The summed E-state index contributed by atoms with van der Waals surface area (Å²) in [6.07, 6.45) is 4.91. The lowest BCUT2D eigenvalue weighted by atomic mass is 9.88. The monoisotopic (exact) mass is 405 g/mol. The van der Waals surface area contributed by atoms with E-state index < -0.39 is 10.0 Å². The van der Waals surface area contributed by atoms with Crippen LogP contribution in [0.5, 0.6) is 0 Å².